The molecule has 0 aromatic rings. The Morgan fingerprint density at radius 1 is 0.700 bits per heavy atom. The van der Waals surface area contributed by atoms with Crippen LogP contribution in [0.15, 0.2) is 46.6 Å². The van der Waals surface area contributed by atoms with E-state index in [0.29, 0.717) is 31.0 Å². The molecule has 0 amide bonds. The summed E-state index contributed by atoms with van der Waals surface area (Å²) in [5, 5.41) is 19.7. The largest absolute Gasteiger partial charge is 0.381 e. The zero-order valence-electron chi connectivity index (χ0n) is 17.5. The SMILES string of the molecule is N#CC1=C2C=CC=CC3OCCCCOCCCCOCCCCOC1C(C#N)=C23. The number of fused-ring (bicyclic) bond motifs is 1. The molecule has 0 radical (unpaired) electrons. The average molecular weight is 411 g/mol. The molecular weight excluding hydrogens is 380 g/mol. The Kier molecular flexibility index (Phi) is 9.34. The van der Waals surface area contributed by atoms with E-state index in [1.54, 1.807) is 0 Å². The summed E-state index contributed by atoms with van der Waals surface area (Å²) in [4.78, 5) is 0. The van der Waals surface area contributed by atoms with Gasteiger partial charge in [0.25, 0.3) is 0 Å². The molecule has 2 aliphatic carbocycles. The van der Waals surface area contributed by atoms with E-state index in [0.717, 1.165) is 69.5 Å². The van der Waals surface area contributed by atoms with Crippen molar-refractivity contribution in [2.24, 2.45) is 0 Å². The molecule has 0 aromatic carbocycles. The van der Waals surface area contributed by atoms with E-state index < -0.39 is 6.10 Å². The van der Waals surface area contributed by atoms with Gasteiger partial charge in [-0.3, -0.25) is 0 Å². The lowest BCUT2D eigenvalue weighted by molar-refractivity contribution is 0.0732. The van der Waals surface area contributed by atoms with Gasteiger partial charge in [0.2, 0.25) is 0 Å². The standard InChI is InChI=1S/C24H30N2O4/c25-17-20-19-9-1-2-10-22-23(19)21(18-26)24(20)30-16-8-6-14-28-12-4-3-11-27-13-5-7-15-29-22/h1-2,9-10,22,24H,3-8,11-16H2. The van der Waals surface area contributed by atoms with Crippen LogP contribution in [0.4, 0.5) is 0 Å². The van der Waals surface area contributed by atoms with Gasteiger partial charge < -0.3 is 18.9 Å². The van der Waals surface area contributed by atoms with Gasteiger partial charge in [-0.25, -0.2) is 0 Å². The highest BCUT2D eigenvalue weighted by Gasteiger charge is 2.37. The lowest BCUT2D eigenvalue weighted by atomic mass is 10.0. The molecular formula is C24H30N2O4. The fourth-order valence-electron chi connectivity index (χ4n) is 3.80. The van der Waals surface area contributed by atoms with E-state index in [-0.39, 0.29) is 6.10 Å². The molecule has 6 nitrogen and oxygen atoms in total. The summed E-state index contributed by atoms with van der Waals surface area (Å²) in [5.41, 5.74) is 2.49. The van der Waals surface area contributed by atoms with E-state index >= 15 is 0 Å². The van der Waals surface area contributed by atoms with Gasteiger partial charge in [-0.2, -0.15) is 10.5 Å². The molecule has 0 saturated heterocycles. The third kappa shape index (κ3) is 5.90. The van der Waals surface area contributed by atoms with Crippen molar-refractivity contribution < 1.29 is 18.9 Å². The maximum Gasteiger partial charge on any atom is 0.128 e. The summed E-state index contributed by atoms with van der Waals surface area (Å²) >= 11 is 0. The van der Waals surface area contributed by atoms with Gasteiger partial charge in [0.1, 0.15) is 12.2 Å². The van der Waals surface area contributed by atoms with Crippen LogP contribution in [-0.4, -0.2) is 51.8 Å². The number of rotatable bonds is 0. The molecule has 160 valence electrons. The van der Waals surface area contributed by atoms with E-state index in [1.807, 2.05) is 24.3 Å². The zero-order chi connectivity index (χ0) is 21.0. The maximum atomic E-state index is 9.88. The van der Waals surface area contributed by atoms with Crippen LogP contribution in [0, 0.1) is 22.7 Å². The van der Waals surface area contributed by atoms with Crippen LogP contribution >= 0.6 is 0 Å². The van der Waals surface area contributed by atoms with Crippen LogP contribution in [0.1, 0.15) is 38.5 Å². The fourth-order valence-corrected chi connectivity index (χ4v) is 3.80. The van der Waals surface area contributed by atoms with Crippen molar-refractivity contribution >= 4 is 0 Å². The summed E-state index contributed by atoms with van der Waals surface area (Å²) in [6, 6.07) is 4.56. The fraction of sp³-hybridized carbons (Fsp3) is 0.583. The maximum absolute atomic E-state index is 9.88. The van der Waals surface area contributed by atoms with Crippen molar-refractivity contribution in [3.63, 3.8) is 0 Å². The quantitative estimate of drug-likeness (QED) is 0.602. The first-order valence-corrected chi connectivity index (χ1v) is 10.9. The Hall–Kier alpha value is -2.22. The van der Waals surface area contributed by atoms with Gasteiger partial charge >= 0.3 is 0 Å². The molecule has 1 heterocycles. The van der Waals surface area contributed by atoms with E-state index in [1.165, 1.54) is 0 Å². The molecule has 0 fully saturated rings. The predicted molar refractivity (Wildman–Crippen MR) is 112 cm³/mol. The Morgan fingerprint density at radius 2 is 1.27 bits per heavy atom. The van der Waals surface area contributed by atoms with Crippen molar-refractivity contribution in [1.82, 2.24) is 0 Å². The topological polar surface area (TPSA) is 84.5 Å². The number of nitriles is 2. The third-order valence-electron chi connectivity index (χ3n) is 5.36. The summed E-state index contributed by atoms with van der Waals surface area (Å²) < 4.78 is 23.5. The minimum Gasteiger partial charge on any atom is -0.381 e. The lowest BCUT2D eigenvalue weighted by Gasteiger charge is -2.18. The molecule has 3 aliphatic rings. The number of hydrogen-bond donors (Lipinski definition) is 0. The molecule has 2 unspecified atom stereocenters. The smallest absolute Gasteiger partial charge is 0.128 e. The van der Waals surface area contributed by atoms with Gasteiger partial charge in [0, 0.05) is 45.2 Å². The highest BCUT2D eigenvalue weighted by atomic mass is 16.5. The minimum absolute atomic E-state index is 0.360. The van der Waals surface area contributed by atoms with Crippen molar-refractivity contribution in [3.8, 4) is 12.1 Å². The van der Waals surface area contributed by atoms with Crippen molar-refractivity contribution in [2.75, 3.05) is 39.6 Å². The second-order valence-electron chi connectivity index (χ2n) is 7.51. The van der Waals surface area contributed by atoms with Crippen LogP contribution in [-0.2, 0) is 18.9 Å². The molecule has 1 aliphatic heterocycles. The van der Waals surface area contributed by atoms with Crippen LogP contribution in [0.25, 0.3) is 0 Å². The van der Waals surface area contributed by atoms with Gasteiger partial charge in [-0.15, -0.1) is 0 Å². The van der Waals surface area contributed by atoms with E-state index in [2.05, 4.69) is 12.1 Å². The molecule has 2 bridgehead atoms. The highest BCUT2D eigenvalue weighted by molar-refractivity contribution is 5.67. The Bertz CT molecular complexity index is 782. The molecule has 0 N–H and O–H groups in total. The van der Waals surface area contributed by atoms with Crippen molar-refractivity contribution in [1.29, 1.82) is 10.5 Å². The number of hydrogen-bond acceptors (Lipinski definition) is 6. The van der Waals surface area contributed by atoms with E-state index in [9.17, 15) is 10.5 Å². The highest BCUT2D eigenvalue weighted by Crippen LogP contribution is 2.39. The molecule has 2 atom stereocenters. The third-order valence-corrected chi connectivity index (χ3v) is 5.36. The van der Waals surface area contributed by atoms with Gasteiger partial charge in [-0.05, 0) is 44.1 Å². The Morgan fingerprint density at radius 3 is 1.87 bits per heavy atom. The molecule has 3 rings (SSSR count). The van der Waals surface area contributed by atoms with Crippen molar-refractivity contribution in [2.45, 2.75) is 50.7 Å². The summed E-state index contributed by atoms with van der Waals surface area (Å²) in [6.45, 7) is 3.96. The molecule has 6 heteroatoms. The normalized spacial score (nSPS) is 27.3. The summed E-state index contributed by atoms with van der Waals surface area (Å²) in [5.74, 6) is 0. The summed E-state index contributed by atoms with van der Waals surface area (Å²) in [7, 11) is 0. The number of allylic oxidation sites excluding steroid dienone is 3. The van der Waals surface area contributed by atoms with Crippen LogP contribution in [0.3, 0.4) is 0 Å². The average Bonchev–Trinajstić information content (AvgIpc) is 2.91. The second-order valence-corrected chi connectivity index (χ2v) is 7.51. The monoisotopic (exact) mass is 410 g/mol. The Labute approximate surface area is 179 Å². The first kappa shape index (κ1) is 22.5. The number of nitrogens with zero attached hydrogens (tertiary/aromatic N) is 2. The molecule has 0 saturated carbocycles. The van der Waals surface area contributed by atoms with Crippen LogP contribution in [0.5, 0.6) is 0 Å². The first-order chi connectivity index (χ1) is 14.9. The predicted octanol–water partition coefficient (Wildman–Crippen LogP) is 3.92. The lowest BCUT2D eigenvalue weighted by Crippen LogP contribution is -2.19. The summed E-state index contributed by atoms with van der Waals surface area (Å²) in [6.07, 6.45) is 12.1. The molecule has 0 spiro atoms. The van der Waals surface area contributed by atoms with Crippen LogP contribution < -0.4 is 0 Å². The van der Waals surface area contributed by atoms with E-state index in [4.69, 9.17) is 18.9 Å². The van der Waals surface area contributed by atoms with Gasteiger partial charge in [0.05, 0.1) is 23.3 Å². The second kappa shape index (κ2) is 12.5. The van der Waals surface area contributed by atoms with Gasteiger partial charge in [0.15, 0.2) is 0 Å². The number of ether oxygens (including phenoxy) is 4. The van der Waals surface area contributed by atoms with Crippen LogP contribution in [0.2, 0.25) is 0 Å². The minimum atomic E-state index is -0.618. The van der Waals surface area contributed by atoms with Gasteiger partial charge in [-0.1, -0.05) is 24.3 Å². The molecule has 30 heavy (non-hydrogen) atoms. The molecule has 0 aromatic heterocycles. The van der Waals surface area contributed by atoms with Crippen molar-refractivity contribution in [3.05, 3.63) is 46.6 Å². The first-order valence-electron chi connectivity index (χ1n) is 10.9. The Balaban J connectivity index is 1.76. The zero-order valence-corrected chi connectivity index (χ0v) is 17.5.